The number of nitrogens with zero attached hydrogens (tertiary/aromatic N) is 1. The standard InChI is InChI=1S/C10H6BrFN2OS/c11-8-9(15)13-5-14-10(8)16-7-3-1-6(12)2-4-7/h1-5H,(H,13,14,15). The lowest BCUT2D eigenvalue weighted by atomic mass is 10.4. The fraction of sp³-hybridized carbons (Fsp3) is 0. The summed E-state index contributed by atoms with van der Waals surface area (Å²) in [6, 6.07) is 6.00. The number of nitrogens with one attached hydrogen (secondary N) is 1. The van der Waals surface area contributed by atoms with Crippen LogP contribution in [0, 0.1) is 5.82 Å². The van der Waals surface area contributed by atoms with Gasteiger partial charge < -0.3 is 4.98 Å². The molecule has 0 bridgehead atoms. The maximum atomic E-state index is 12.7. The molecule has 1 aromatic carbocycles. The average Bonchev–Trinajstić information content (AvgIpc) is 2.28. The molecular weight excluding hydrogens is 295 g/mol. The van der Waals surface area contributed by atoms with Crippen LogP contribution in [0.25, 0.3) is 0 Å². The maximum absolute atomic E-state index is 12.7. The lowest BCUT2D eigenvalue weighted by Gasteiger charge is -2.01. The molecule has 0 unspecified atom stereocenters. The number of aromatic amines is 1. The zero-order valence-electron chi connectivity index (χ0n) is 7.91. The van der Waals surface area contributed by atoms with Crippen molar-refractivity contribution in [1.29, 1.82) is 0 Å². The van der Waals surface area contributed by atoms with Gasteiger partial charge in [-0.3, -0.25) is 4.79 Å². The molecule has 82 valence electrons. The Kier molecular flexibility index (Phi) is 3.40. The molecule has 0 aliphatic heterocycles. The number of benzene rings is 1. The Balaban J connectivity index is 2.30. The first kappa shape index (κ1) is 11.3. The Morgan fingerprint density at radius 1 is 1.31 bits per heavy atom. The van der Waals surface area contributed by atoms with Gasteiger partial charge in [0.1, 0.15) is 15.3 Å². The lowest BCUT2D eigenvalue weighted by molar-refractivity contribution is 0.626. The minimum Gasteiger partial charge on any atom is -0.312 e. The van der Waals surface area contributed by atoms with Crippen LogP contribution in [0.3, 0.4) is 0 Å². The summed E-state index contributed by atoms with van der Waals surface area (Å²) in [5.41, 5.74) is -0.236. The van der Waals surface area contributed by atoms with Gasteiger partial charge in [-0.2, -0.15) is 0 Å². The Hall–Kier alpha value is -1.14. The molecule has 1 N–H and O–H groups in total. The molecule has 2 aromatic rings. The topological polar surface area (TPSA) is 45.8 Å². The van der Waals surface area contributed by atoms with Crippen LogP contribution >= 0.6 is 27.7 Å². The quantitative estimate of drug-likeness (QED) is 0.868. The molecule has 0 atom stereocenters. The van der Waals surface area contributed by atoms with E-state index in [0.717, 1.165) is 4.90 Å². The van der Waals surface area contributed by atoms with Crippen molar-refractivity contribution in [3.63, 3.8) is 0 Å². The molecule has 0 fully saturated rings. The zero-order chi connectivity index (χ0) is 11.5. The van der Waals surface area contributed by atoms with Crippen molar-refractivity contribution in [1.82, 2.24) is 9.97 Å². The molecule has 0 spiro atoms. The van der Waals surface area contributed by atoms with Crippen LogP contribution in [-0.2, 0) is 0 Å². The van der Waals surface area contributed by atoms with E-state index in [4.69, 9.17) is 0 Å². The van der Waals surface area contributed by atoms with Crippen molar-refractivity contribution in [2.75, 3.05) is 0 Å². The van der Waals surface area contributed by atoms with Gasteiger partial charge in [-0.1, -0.05) is 11.8 Å². The summed E-state index contributed by atoms with van der Waals surface area (Å²) in [6.07, 6.45) is 1.33. The van der Waals surface area contributed by atoms with Gasteiger partial charge in [0.05, 0.1) is 6.33 Å². The van der Waals surface area contributed by atoms with Gasteiger partial charge in [0.25, 0.3) is 5.56 Å². The first-order valence-electron chi connectivity index (χ1n) is 4.33. The summed E-state index contributed by atoms with van der Waals surface area (Å²) in [4.78, 5) is 18.6. The Morgan fingerprint density at radius 2 is 2.00 bits per heavy atom. The Morgan fingerprint density at radius 3 is 2.69 bits per heavy atom. The summed E-state index contributed by atoms with van der Waals surface area (Å²) < 4.78 is 13.1. The number of rotatable bonds is 2. The highest BCUT2D eigenvalue weighted by molar-refractivity contribution is 9.10. The highest BCUT2D eigenvalue weighted by Gasteiger charge is 2.06. The minimum absolute atomic E-state index is 0.236. The summed E-state index contributed by atoms with van der Waals surface area (Å²) in [5, 5.41) is 0.551. The molecule has 16 heavy (non-hydrogen) atoms. The van der Waals surface area contributed by atoms with Crippen molar-refractivity contribution in [2.24, 2.45) is 0 Å². The number of aromatic nitrogens is 2. The molecule has 1 aromatic heterocycles. The van der Waals surface area contributed by atoms with Gasteiger partial charge in [-0.05, 0) is 40.2 Å². The summed E-state index contributed by atoms with van der Waals surface area (Å²) in [5.74, 6) is -0.290. The van der Waals surface area contributed by atoms with E-state index >= 15 is 0 Å². The van der Waals surface area contributed by atoms with Crippen molar-refractivity contribution in [2.45, 2.75) is 9.92 Å². The van der Waals surface area contributed by atoms with Crippen LogP contribution in [0.15, 0.2) is 49.8 Å². The van der Waals surface area contributed by atoms with E-state index in [9.17, 15) is 9.18 Å². The normalized spacial score (nSPS) is 10.4. The highest BCUT2D eigenvalue weighted by atomic mass is 79.9. The van der Waals surface area contributed by atoms with Gasteiger partial charge in [0, 0.05) is 4.90 Å². The molecule has 0 aliphatic carbocycles. The van der Waals surface area contributed by atoms with E-state index in [1.54, 1.807) is 12.1 Å². The molecule has 1 heterocycles. The van der Waals surface area contributed by atoms with E-state index in [1.807, 2.05) is 0 Å². The zero-order valence-corrected chi connectivity index (χ0v) is 10.3. The third-order valence-corrected chi connectivity index (χ3v) is 3.80. The Bertz CT molecular complexity index is 555. The largest absolute Gasteiger partial charge is 0.312 e. The minimum atomic E-state index is -0.290. The van der Waals surface area contributed by atoms with Gasteiger partial charge in [0.15, 0.2) is 0 Å². The molecule has 0 radical (unpaired) electrons. The third kappa shape index (κ3) is 2.51. The molecule has 0 saturated heterocycles. The molecule has 6 heteroatoms. The summed E-state index contributed by atoms with van der Waals surface area (Å²) in [7, 11) is 0. The second-order valence-corrected chi connectivity index (χ2v) is 4.76. The average molecular weight is 301 g/mol. The fourth-order valence-electron chi connectivity index (χ4n) is 1.05. The number of H-pyrrole nitrogens is 1. The van der Waals surface area contributed by atoms with Crippen molar-refractivity contribution < 1.29 is 4.39 Å². The van der Waals surface area contributed by atoms with Crippen LogP contribution in [0.2, 0.25) is 0 Å². The lowest BCUT2D eigenvalue weighted by Crippen LogP contribution is -2.07. The van der Waals surface area contributed by atoms with Crippen LogP contribution < -0.4 is 5.56 Å². The summed E-state index contributed by atoms with van der Waals surface area (Å²) in [6.45, 7) is 0. The second kappa shape index (κ2) is 4.80. The molecule has 0 saturated carbocycles. The fourth-order valence-corrected chi connectivity index (χ4v) is 2.29. The van der Waals surface area contributed by atoms with Crippen LogP contribution in [0.4, 0.5) is 4.39 Å². The van der Waals surface area contributed by atoms with E-state index < -0.39 is 0 Å². The van der Waals surface area contributed by atoms with Crippen molar-refractivity contribution in [3.05, 3.63) is 51.2 Å². The predicted molar refractivity (Wildman–Crippen MR) is 63.1 cm³/mol. The molecule has 0 aliphatic rings. The van der Waals surface area contributed by atoms with E-state index in [2.05, 4.69) is 25.9 Å². The second-order valence-electron chi connectivity index (χ2n) is 2.91. The number of hydrogen-bond acceptors (Lipinski definition) is 3. The van der Waals surface area contributed by atoms with Crippen molar-refractivity contribution in [3.8, 4) is 0 Å². The van der Waals surface area contributed by atoms with E-state index in [-0.39, 0.29) is 11.4 Å². The first-order chi connectivity index (χ1) is 7.66. The third-order valence-electron chi connectivity index (χ3n) is 1.79. The van der Waals surface area contributed by atoms with Crippen LogP contribution in [0.1, 0.15) is 0 Å². The number of hydrogen-bond donors (Lipinski definition) is 1. The van der Waals surface area contributed by atoms with Crippen LogP contribution in [-0.4, -0.2) is 9.97 Å². The smallest absolute Gasteiger partial charge is 0.266 e. The first-order valence-corrected chi connectivity index (χ1v) is 5.94. The van der Waals surface area contributed by atoms with Gasteiger partial charge in [0.2, 0.25) is 0 Å². The molecule has 3 nitrogen and oxygen atoms in total. The van der Waals surface area contributed by atoms with E-state index in [1.165, 1.54) is 30.2 Å². The predicted octanol–water partition coefficient (Wildman–Crippen LogP) is 2.82. The Labute approximate surface area is 103 Å². The van der Waals surface area contributed by atoms with E-state index in [0.29, 0.717) is 9.50 Å². The van der Waals surface area contributed by atoms with Gasteiger partial charge >= 0.3 is 0 Å². The molecule has 0 amide bonds. The highest BCUT2D eigenvalue weighted by Crippen LogP contribution is 2.29. The van der Waals surface area contributed by atoms with Gasteiger partial charge in [-0.25, -0.2) is 9.37 Å². The summed E-state index contributed by atoms with van der Waals surface area (Å²) >= 11 is 4.44. The SMILES string of the molecule is O=c1[nH]cnc(Sc2ccc(F)cc2)c1Br. The van der Waals surface area contributed by atoms with Gasteiger partial charge in [-0.15, -0.1) is 0 Å². The molecular formula is C10H6BrFN2OS. The maximum Gasteiger partial charge on any atom is 0.266 e. The van der Waals surface area contributed by atoms with Crippen LogP contribution in [0.5, 0.6) is 0 Å². The monoisotopic (exact) mass is 300 g/mol. The van der Waals surface area contributed by atoms with Crippen molar-refractivity contribution >= 4 is 27.7 Å². The number of halogens is 2. The molecule has 2 rings (SSSR count).